The van der Waals surface area contributed by atoms with Crippen LogP contribution in [0.1, 0.15) is 22.7 Å². The second kappa shape index (κ2) is 9.43. The highest BCUT2D eigenvalue weighted by Gasteiger charge is 2.37. The van der Waals surface area contributed by atoms with Crippen molar-refractivity contribution < 1.29 is 14.6 Å². The first-order valence-electron chi connectivity index (χ1n) is 10.7. The van der Waals surface area contributed by atoms with Gasteiger partial charge in [-0.15, -0.1) is 0 Å². The molecule has 0 unspecified atom stereocenters. The molecule has 164 valence electrons. The lowest BCUT2D eigenvalue weighted by atomic mass is 9.78. The van der Waals surface area contributed by atoms with Gasteiger partial charge in [0, 0.05) is 12.8 Å². The number of nitrogens with two attached hydrogens (primary N) is 1. The molecule has 4 aromatic rings. The fourth-order valence-electron chi connectivity index (χ4n) is 4.35. The molecule has 0 bridgehead atoms. The van der Waals surface area contributed by atoms with Crippen LogP contribution in [0.15, 0.2) is 91.0 Å². The number of methoxy groups -OCH3 is 2. The van der Waals surface area contributed by atoms with E-state index in [-0.39, 0.29) is 0 Å². The van der Waals surface area contributed by atoms with Gasteiger partial charge in [-0.05, 0) is 45.7 Å². The summed E-state index contributed by atoms with van der Waals surface area (Å²) in [5, 5.41) is 14.4. The summed E-state index contributed by atoms with van der Waals surface area (Å²) in [5.74, 6) is 1.47. The Bertz CT molecular complexity index is 1150. The van der Waals surface area contributed by atoms with Crippen molar-refractivity contribution in [1.82, 2.24) is 0 Å². The maximum atomic E-state index is 12.1. The molecule has 4 rings (SSSR count). The quantitative estimate of drug-likeness (QED) is 0.412. The third-order valence-corrected chi connectivity index (χ3v) is 6.09. The number of para-hydroxylation sites is 2. The van der Waals surface area contributed by atoms with E-state index in [0.29, 0.717) is 12.8 Å². The van der Waals surface area contributed by atoms with E-state index in [1.165, 1.54) is 0 Å². The molecule has 3 N–H and O–H groups in total. The molecule has 0 spiro atoms. The van der Waals surface area contributed by atoms with Crippen molar-refractivity contribution in [3.8, 4) is 11.5 Å². The van der Waals surface area contributed by atoms with Gasteiger partial charge in [0.2, 0.25) is 0 Å². The Kier molecular flexibility index (Phi) is 6.45. The van der Waals surface area contributed by atoms with Crippen molar-refractivity contribution in [2.45, 2.75) is 24.5 Å². The molecule has 0 heterocycles. The van der Waals surface area contributed by atoms with Crippen LogP contribution in [0.5, 0.6) is 11.5 Å². The van der Waals surface area contributed by atoms with Gasteiger partial charge in [0.1, 0.15) is 11.5 Å². The van der Waals surface area contributed by atoms with Crippen molar-refractivity contribution in [1.29, 1.82) is 0 Å². The van der Waals surface area contributed by atoms with Gasteiger partial charge in [-0.2, -0.15) is 0 Å². The van der Waals surface area contributed by atoms with Crippen molar-refractivity contribution in [3.63, 3.8) is 0 Å². The molecule has 0 saturated carbocycles. The SMILES string of the molecule is COc1ccccc1CC(O)(Cc1ccccc1OC)[C@H](N)c1ccc2ccccc2c1. The Balaban J connectivity index is 1.77. The minimum atomic E-state index is -1.27. The summed E-state index contributed by atoms with van der Waals surface area (Å²) in [7, 11) is 3.28. The van der Waals surface area contributed by atoms with E-state index < -0.39 is 11.6 Å². The van der Waals surface area contributed by atoms with Crippen molar-refractivity contribution >= 4 is 10.8 Å². The predicted octanol–water partition coefficient (Wildman–Crippen LogP) is 5.07. The zero-order chi connectivity index (χ0) is 22.6. The molecule has 0 radical (unpaired) electrons. The number of fused-ring (bicyclic) bond motifs is 1. The number of benzene rings is 4. The van der Waals surface area contributed by atoms with Gasteiger partial charge in [-0.1, -0.05) is 72.8 Å². The largest absolute Gasteiger partial charge is 0.496 e. The predicted molar refractivity (Wildman–Crippen MR) is 129 cm³/mol. The Hall–Kier alpha value is -3.34. The molecule has 32 heavy (non-hydrogen) atoms. The van der Waals surface area contributed by atoms with Crippen LogP contribution in [0.2, 0.25) is 0 Å². The number of ether oxygens (including phenoxy) is 2. The van der Waals surface area contributed by atoms with Crippen molar-refractivity contribution in [3.05, 3.63) is 108 Å². The van der Waals surface area contributed by atoms with E-state index in [9.17, 15) is 5.11 Å². The van der Waals surface area contributed by atoms with E-state index in [1.807, 2.05) is 66.7 Å². The molecular formula is C28H29NO3. The number of hydrogen-bond acceptors (Lipinski definition) is 4. The van der Waals surface area contributed by atoms with Crippen LogP contribution in [0, 0.1) is 0 Å². The summed E-state index contributed by atoms with van der Waals surface area (Å²) >= 11 is 0. The fraction of sp³-hybridized carbons (Fsp3) is 0.214. The minimum Gasteiger partial charge on any atom is -0.496 e. The Morgan fingerprint density at radius 1 is 0.719 bits per heavy atom. The third kappa shape index (κ3) is 4.47. The first-order valence-corrected chi connectivity index (χ1v) is 10.7. The maximum Gasteiger partial charge on any atom is 0.122 e. The van der Waals surface area contributed by atoms with Gasteiger partial charge in [0.15, 0.2) is 0 Å². The van der Waals surface area contributed by atoms with E-state index >= 15 is 0 Å². The number of hydrogen-bond donors (Lipinski definition) is 2. The van der Waals surface area contributed by atoms with Gasteiger partial charge >= 0.3 is 0 Å². The monoisotopic (exact) mass is 427 g/mol. The molecule has 0 aliphatic carbocycles. The zero-order valence-electron chi connectivity index (χ0n) is 18.5. The van der Waals surface area contributed by atoms with Gasteiger partial charge in [0.05, 0.1) is 25.9 Å². The fourth-order valence-corrected chi connectivity index (χ4v) is 4.35. The minimum absolute atomic E-state index is 0.336. The standard InChI is InChI=1S/C28H29NO3/c1-31-25-13-7-5-11-23(25)18-28(30,19-24-12-6-8-14-26(24)32-2)27(29)22-16-15-20-9-3-4-10-21(20)17-22/h3-17,27,30H,18-19,29H2,1-2H3/t27-/m1/s1. The van der Waals surface area contributed by atoms with Crippen LogP contribution < -0.4 is 15.2 Å². The van der Waals surface area contributed by atoms with E-state index in [2.05, 4.69) is 24.3 Å². The number of aliphatic hydroxyl groups is 1. The Morgan fingerprint density at radius 2 is 1.22 bits per heavy atom. The van der Waals surface area contributed by atoms with Gasteiger partial charge in [0.25, 0.3) is 0 Å². The average molecular weight is 428 g/mol. The highest BCUT2D eigenvalue weighted by molar-refractivity contribution is 5.83. The molecule has 0 aliphatic rings. The molecule has 0 aliphatic heterocycles. The second-order valence-corrected chi connectivity index (χ2v) is 8.17. The lowest BCUT2D eigenvalue weighted by Gasteiger charge is -2.35. The summed E-state index contributed by atoms with van der Waals surface area (Å²) in [5.41, 5.74) is 8.24. The molecule has 4 nitrogen and oxygen atoms in total. The van der Waals surface area contributed by atoms with Crippen LogP contribution in [0.3, 0.4) is 0 Å². The molecule has 4 heteroatoms. The van der Waals surface area contributed by atoms with E-state index in [1.54, 1.807) is 14.2 Å². The lowest BCUT2D eigenvalue weighted by Crippen LogP contribution is -2.45. The van der Waals surface area contributed by atoms with Crippen LogP contribution >= 0.6 is 0 Å². The average Bonchev–Trinajstić information content (AvgIpc) is 2.84. The molecule has 4 aromatic carbocycles. The molecule has 1 atom stereocenters. The zero-order valence-corrected chi connectivity index (χ0v) is 18.5. The highest BCUT2D eigenvalue weighted by atomic mass is 16.5. The topological polar surface area (TPSA) is 64.7 Å². The Morgan fingerprint density at radius 3 is 1.78 bits per heavy atom. The first-order chi connectivity index (χ1) is 15.5. The molecule has 0 aromatic heterocycles. The smallest absolute Gasteiger partial charge is 0.122 e. The molecular weight excluding hydrogens is 398 g/mol. The van der Waals surface area contributed by atoms with Crippen LogP contribution in [-0.2, 0) is 12.8 Å². The maximum absolute atomic E-state index is 12.1. The summed E-state index contributed by atoms with van der Waals surface area (Å²) in [6.07, 6.45) is 0.673. The van der Waals surface area contributed by atoms with E-state index in [4.69, 9.17) is 15.2 Å². The Labute approximate surface area is 189 Å². The molecule has 0 amide bonds. The van der Waals surface area contributed by atoms with Gasteiger partial charge < -0.3 is 20.3 Å². The van der Waals surface area contributed by atoms with Crippen molar-refractivity contribution in [2.75, 3.05) is 14.2 Å². The van der Waals surface area contributed by atoms with Gasteiger partial charge in [-0.25, -0.2) is 0 Å². The third-order valence-electron chi connectivity index (χ3n) is 6.09. The summed E-state index contributed by atoms with van der Waals surface area (Å²) < 4.78 is 11.1. The van der Waals surface area contributed by atoms with Crippen LogP contribution in [0.4, 0.5) is 0 Å². The van der Waals surface area contributed by atoms with Crippen LogP contribution in [-0.4, -0.2) is 24.9 Å². The summed E-state index contributed by atoms with van der Waals surface area (Å²) in [6, 6.07) is 29.1. The van der Waals surface area contributed by atoms with Crippen molar-refractivity contribution in [2.24, 2.45) is 5.73 Å². The summed E-state index contributed by atoms with van der Waals surface area (Å²) in [4.78, 5) is 0. The lowest BCUT2D eigenvalue weighted by molar-refractivity contribution is 0.0127. The molecule has 0 saturated heterocycles. The van der Waals surface area contributed by atoms with Crippen LogP contribution in [0.25, 0.3) is 10.8 Å². The highest BCUT2D eigenvalue weighted by Crippen LogP contribution is 2.36. The normalized spacial score (nSPS) is 12.5. The van der Waals surface area contributed by atoms with Gasteiger partial charge in [-0.3, -0.25) is 0 Å². The number of rotatable bonds is 8. The molecule has 0 fully saturated rings. The van der Waals surface area contributed by atoms with E-state index in [0.717, 1.165) is 39.0 Å². The first kappa shape index (κ1) is 21.9. The second-order valence-electron chi connectivity index (χ2n) is 8.17. The summed E-state index contributed by atoms with van der Waals surface area (Å²) in [6.45, 7) is 0.